The fourth-order valence-electron chi connectivity index (χ4n) is 4.78. The van der Waals surface area contributed by atoms with Crippen LogP contribution in [-0.2, 0) is 4.79 Å². The molecule has 3 N–H and O–H groups in total. The Labute approximate surface area is 186 Å². The number of nitrogens with two attached hydrogens (primary N) is 1. The highest BCUT2D eigenvalue weighted by molar-refractivity contribution is 6.12. The predicted molar refractivity (Wildman–Crippen MR) is 130 cm³/mol. The Hall–Kier alpha value is -2.72. The van der Waals surface area contributed by atoms with Crippen molar-refractivity contribution >= 4 is 12.0 Å². The first kappa shape index (κ1) is 24.5. The number of allylic oxidation sites excluding steroid dienone is 2. The van der Waals surface area contributed by atoms with Crippen LogP contribution in [0.15, 0.2) is 40.6 Å². The van der Waals surface area contributed by atoms with Crippen LogP contribution in [0.5, 0.6) is 0 Å². The third-order valence-electron chi connectivity index (χ3n) is 5.91. The van der Waals surface area contributed by atoms with Crippen LogP contribution in [0.25, 0.3) is 0 Å². The molecule has 2 rings (SSSR count). The molecule has 0 aliphatic heterocycles. The summed E-state index contributed by atoms with van der Waals surface area (Å²) < 4.78 is 0. The van der Waals surface area contributed by atoms with Gasteiger partial charge in [-0.1, -0.05) is 35.4 Å². The van der Waals surface area contributed by atoms with Gasteiger partial charge in [-0.2, -0.15) is 0 Å². The quantitative estimate of drug-likeness (QED) is 0.337. The molecular formula is C27H36N2O2. The zero-order valence-corrected chi connectivity index (χ0v) is 20.1. The second-order valence-electron chi connectivity index (χ2n) is 8.81. The molecule has 31 heavy (non-hydrogen) atoms. The molecule has 0 aliphatic carbocycles. The fraction of sp³-hybridized carbons (Fsp3) is 0.407. The normalized spacial score (nSPS) is 14.5. The second-order valence-corrected chi connectivity index (χ2v) is 8.81. The number of nitrogens with zero attached hydrogens (tertiary/aromatic N) is 1. The largest absolute Gasteiger partial charge is 0.512 e. The van der Waals surface area contributed by atoms with Gasteiger partial charge >= 0.3 is 0 Å². The van der Waals surface area contributed by atoms with Crippen molar-refractivity contribution in [2.45, 2.75) is 67.3 Å². The van der Waals surface area contributed by atoms with Gasteiger partial charge in [-0.25, -0.2) is 0 Å². The molecular weight excluding hydrogens is 384 g/mol. The van der Waals surface area contributed by atoms with E-state index in [9.17, 15) is 9.90 Å². The third kappa shape index (κ3) is 5.71. The predicted octanol–water partition coefficient (Wildman–Crippen LogP) is 5.81. The first-order chi connectivity index (χ1) is 14.4. The molecule has 0 aromatic heterocycles. The van der Waals surface area contributed by atoms with Crippen molar-refractivity contribution in [1.29, 1.82) is 0 Å². The number of carbonyl (C=O) groups is 1. The van der Waals surface area contributed by atoms with Crippen LogP contribution < -0.4 is 5.73 Å². The van der Waals surface area contributed by atoms with E-state index in [0.717, 1.165) is 5.56 Å². The molecule has 2 aromatic rings. The SMILES string of the molecule is CC(=O)/C(C=NC[C@H](c1c(C)cc(C)cc1C)[C@H](N)c1c(C)cc(C)cc1C)=C(\C)O. The number of aryl methyl sites for hydroxylation is 6. The van der Waals surface area contributed by atoms with Gasteiger partial charge in [0.2, 0.25) is 0 Å². The topological polar surface area (TPSA) is 75.7 Å². The highest BCUT2D eigenvalue weighted by Gasteiger charge is 2.27. The molecule has 4 heteroatoms. The number of aliphatic hydroxyl groups is 1. The molecule has 0 saturated carbocycles. The van der Waals surface area contributed by atoms with E-state index in [2.05, 4.69) is 70.8 Å². The van der Waals surface area contributed by atoms with Gasteiger partial charge in [0.1, 0.15) is 5.76 Å². The molecule has 0 unspecified atom stereocenters. The molecule has 0 aliphatic rings. The molecule has 0 fully saturated rings. The van der Waals surface area contributed by atoms with Gasteiger partial charge in [0.25, 0.3) is 0 Å². The second kappa shape index (κ2) is 10.1. The van der Waals surface area contributed by atoms with Crippen LogP contribution in [0.3, 0.4) is 0 Å². The van der Waals surface area contributed by atoms with Crippen LogP contribution in [0, 0.1) is 41.5 Å². The number of rotatable bonds is 7. The average molecular weight is 421 g/mol. The minimum atomic E-state index is -0.252. The van der Waals surface area contributed by atoms with E-state index in [1.54, 1.807) is 0 Å². The van der Waals surface area contributed by atoms with E-state index in [4.69, 9.17) is 5.73 Å². The van der Waals surface area contributed by atoms with E-state index in [1.807, 2.05) is 0 Å². The molecule has 0 amide bonds. The number of ketones is 1. The summed E-state index contributed by atoms with van der Waals surface area (Å²) in [6.07, 6.45) is 1.48. The molecule has 166 valence electrons. The molecule has 0 heterocycles. The molecule has 2 atom stereocenters. The molecule has 0 spiro atoms. The zero-order valence-electron chi connectivity index (χ0n) is 20.1. The summed E-state index contributed by atoms with van der Waals surface area (Å²) in [6.45, 7) is 16.0. The Bertz CT molecular complexity index is 997. The summed E-state index contributed by atoms with van der Waals surface area (Å²) in [5.74, 6) is -0.299. The van der Waals surface area contributed by atoms with Gasteiger partial charge < -0.3 is 10.8 Å². The molecule has 4 nitrogen and oxygen atoms in total. The van der Waals surface area contributed by atoms with Crippen molar-refractivity contribution < 1.29 is 9.90 Å². The van der Waals surface area contributed by atoms with E-state index in [1.165, 1.54) is 59.0 Å². The molecule has 2 aromatic carbocycles. The summed E-state index contributed by atoms with van der Waals surface area (Å²) in [7, 11) is 0. The highest BCUT2D eigenvalue weighted by Crippen LogP contribution is 2.37. The van der Waals surface area contributed by atoms with E-state index < -0.39 is 0 Å². The summed E-state index contributed by atoms with van der Waals surface area (Å²) in [5, 5.41) is 9.81. The Morgan fingerprint density at radius 3 is 1.71 bits per heavy atom. The number of carbonyl (C=O) groups excluding carboxylic acids is 1. The van der Waals surface area contributed by atoms with Crippen LogP contribution >= 0.6 is 0 Å². The third-order valence-corrected chi connectivity index (χ3v) is 5.91. The number of hydrogen-bond acceptors (Lipinski definition) is 4. The van der Waals surface area contributed by atoms with Crippen LogP contribution in [0.2, 0.25) is 0 Å². The van der Waals surface area contributed by atoms with Gasteiger partial charge in [-0.05, 0) is 88.8 Å². The Morgan fingerprint density at radius 1 is 0.903 bits per heavy atom. The minimum Gasteiger partial charge on any atom is -0.512 e. The van der Waals surface area contributed by atoms with Gasteiger partial charge in [-0.15, -0.1) is 0 Å². The van der Waals surface area contributed by atoms with Gasteiger partial charge in [0, 0.05) is 24.7 Å². The lowest BCUT2D eigenvalue weighted by molar-refractivity contribution is -0.113. The first-order valence-corrected chi connectivity index (χ1v) is 10.8. The lowest BCUT2D eigenvalue weighted by Gasteiger charge is -2.29. The average Bonchev–Trinajstić information content (AvgIpc) is 2.61. The smallest absolute Gasteiger partial charge is 0.164 e. The van der Waals surface area contributed by atoms with Gasteiger partial charge in [-0.3, -0.25) is 9.79 Å². The zero-order chi connectivity index (χ0) is 23.5. The minimum absolute atomic E-state index is 0.0231. The Kier molecular flexibility index (Phi) is 7.96. The molecule has 0 bridgehead atoms. The lowest BCUT2D eigenvalue weighted by atomic mass is 9.80. The molecule has 0 saturated heterocycles. The summed E-state index contributed by atoms with van der Waals surface area (Å²) in [4.78, 5) is 16.4. The number of aliphatic hydroxyl groups excluding tert-OH is 1. The van der Waals surface area contributed by atoms with E-state index in [-0.39, 0.29) is 29.1 Å². The molecule has 0 radical (unpaired) electrons. The monoisotopic (exact) mass is 420 g/mol. The van der Waals surface area contributed by atoms with Crippen LogP contribution in [0.1, 0.15) is 70.3 Å². The van der Waals surface area contributed by atoms with Crippen molar-refractivity contribution in [3.63, 3.8) is 0 Å². The van der Waals surface area contributed by atoms with Crippen LogP contribution in [0.4, 0.5) is 0 Å². The number of hydrogen-bond donors (Lipinski definition) is 2. The Morgan fingerprint density at radius 2 is 1.32 bits per heavy atom. The number of Topliss-reactive ketones (excluding diaryl/α,β-unsaturated/α-hetero) is 1. The van der Waals surface area contributed by atoms with Crippen molar-refractivity contribution in [2.24, 2.45) is 10.7 Å². The maximum absolute atomic E-state index is 11.8. The summed E-state index contributed by atoms with van der Waals surface area (Å²) in [5.41, 5.74) is 16.7. The Balaban J connectivity index is 2.59. The number of benzene rings is 2. The van der Waals surface area contributed by atoms with Gasteiger partial charge in [0.05, 0.1) is 5.57 Å². The highest BCUT2D eigenvalue weighted by atomic mass is 16.3. The number of aliphatic imine (C=N–C) groups is 1. The van der Waals surface area contributed by atoms with Crippen molar-refractivity contribution in [2.75, 3.05) is 6.54 Å². The van der Waals surface area contributed by atoms with Crippen molar-refractivity contribution in [1.82, 2.24) is 0 Å². The fourth-order valence-corrected chi connectivity index (χ4v) is 4.78. The van der Waals surface area contributed by atoms with E-state index in [0.29, 0.717) is 6.54 Å². The van der Waals surface area contributed by atoms with Crippen molar-refractivity contribution in [3.05, 3.63) is 80.1 Å². The maximum Gasteiger partial charge on any atom is 0.164 e. The van der Waals surface area contributed by atoms with Crippen molar-refractivity contribution in [3.8, 4) is 0 Å². The van der Waals surface area contributed by atoms with E-state index >= 15 is 0 Å². The maximum atomic E-state index is 11.8. The van der Waals surface area contributed by atoms with Gasteiger partial charge in [0.15, 0.2) is 5.78 Å². The standard InChI is InChI=1S/C27H36N2O2/c1-15-9-17(3)25(18(4)10-15)24(14-29-13-23(21(7)30)22(8)31)27(28)26-19(5)11-16(2)12-20(26)6/h9-13,24,27,30H,14,28H2,1-8H3/b23-21+,29-13?/t24-,27+/m1/s1. The summed E-state index contributed by atoms with van der Waals surface area (Å²) in [6, 6.07) is 8.45. The lowest BCUT2D eigenvalue weighted by Crippen LogP contribution is -2.25. The van der Waals surface area contributed by atoms with Crippen LogP contribution in [-0.4, -0.2) is 23.6 Å². The summed E-state index contributed by atoms with van der Waals surface area (Å²) >= 11 is 0. The first-order valence-electron chi connectivity index (χ1n) is 10.8.